The van der Waals surface area contributed by atoms with Crippen molar-refractivity contribution in [2.45, 2.75) is 51.8 Å². The lowest BCUT2D eigenvalue weighted by molar-refractivity contribution is 0.177. The molecule has 1 unspecified atom stereocenters. The van der Waals surface area contributed by atoms with E-state index in [2.05, 4.69) is 25.5 Å². The summed E-state index contributed by atoms with van der Waals surface area (Å²) in [5, 5.41) is 11.7. The van der Waals surface area contributed by atoms with Crippen LogP contribution in [0.1, 0.15) is 56.1 Å². The number of aromatic nitrogens is 5. The Morgan fingerprint density at radius 3 is 3.00 bits per heavy atom. The van der Waals surface area contributed by atoms with E-state index in [0.29, 0.717) is 24.3 Å². The molecule has 0 spiro atoms. The molecule has 0 saturated heterocycles. The summed E-state index contributed by atoms with van der Waals surface area (Å²) < 4.78 is 12.3. The minimum atomic E-state index is 0.0392. The Morgan fingerprint density at radius 2 is 2.29 bits per heavy atom. The second kappa shape index (κ2) is 5.80. The first-order chi connectivity index (χ1) is 10.2. The second-order valence-corrected chi connectivity index (χ2v) is 5.49. The van der Waals surface area contributed by atoms with E-state index < -0.39 is 0 Å². The Hall–Kier alpha value is -1.96. The molecule has 1 N–H and O–H groups in total. The fraction of sp³-hybridized carbons (Fsp3) is 0.692. The molecule has 114 valence electrons. The summed E-state index contributed by atoms with van der Waals surface area (Å²) >= 11 is 0. The Labute approximate surface area is 122 Å². The number of fused-ring (bicyclic) bond motifs is 1. The molecule has 2 aromatic rings. The largest absolute Gasteiger partial charge is 0.377 e. The van der Waals surface area contributed by atoms with Crippen LogP contribution in [0.25, 0.3) is 0 Å². The van der Waals surface area contributed by atoms with Gasteiger partial charge in [0, 0.05) is 19.6 Å². The van der Waals surface area contributed by atoms with Crippen molar-refractivity contribution in [3.05, 3.63) is 17.5 Å². The zero-order valence-electron chi connectivity index (χ0n) is 12.5. The van der Waals surface area contributed by atoms with Crippen molar-refractivity contribution in [2.75, 3.05) is 12.4 Å². The lowest BCUT2D eigenvalue weighted by atomic mass is 10.1. The lowest BCUT2D eigenvalue weighted by Crippen LogP contribution is -2.22. The van der Waals surface area contributed by atoms with Gasteiger partial charge in [-0.1, -0.05) is 19.0 Å². The van der Waals surface area contributed by atoms with E-state index in [-0.39, 0.29) is 12.0 Å². The van der Waals surface area contributed by atoms with Gasteiger partial charge in [0.2, 0.25) is 0 Å². The number of anilines is 1. The van der Waals surface area contributed by atoms with E-state index in [1.54, 1.807) is 7.11 Å². The first-order valence-electron chi connectivity index (χ1n) is 7.20. The highest BCUT2D eigenvalue weighted by molar-refractivity contribution is 5.24. The molecule has 0 saturated carbocycles. The quantitative estimate of drug-likeness (QED) is 0.899. The molecule has 21 heavy (non-hydrogen) atoms. The molecule has 3 rings (SSSR count). The maximum Gasteiger partial charge on any atom is 0.322 e. The van der Waals surface area contributed by atoms with Crippen LogP contribution in [-0.2, 0) is 17.9 Å². The number of hydrogen-bond acceptors (Lipinski definition) is 7. The monoisotopic (exact) mass is 292 g/mol. The van der Waals surface area contributed by atoms with E-state index >= 15 is 0 Å². The lowest BCUT2D eigenvalue weighted by Gasteiger charge is -2.21. The fourth-order valence-corrected chi connectivity index (χ4v) is 2.40. The van der Waals surface area contributed by atoms with Gasteiger partial charge in [-0.05, 0) is 12.8 Å². The molecule has 2 aromatic heterocycles. The zero-order valence-corrected chi connectivity index (χ0v) is 12.5. The van der Waals surface area contributed by atoms with E-state index in [4.69, 9.17) is 9.26 Å². The van der Waals surface area contributed by atoms with Crippen LogP contribution in [0.2, 0.25) is 0 Å². The van der Waals surface area contributed by atoms with E-state index in [9.17, 15) is 0 Å². The van der Waals surface area contributed by atoms with Gasteiger partial charge in [-0.2, -0.15) is 10.1 Å². The van der Waals surface area contributed by atoms with Crippen LogP contribution >= 0.6 is 0 Å². The molecule has 8 nitrogen and oxygen atoms in total. The van der Waals surface area contributed by atoms with Crippen LogP contribution in [0, 0.1) is 0 Å². The van der Waals surface area contributed by atoms with Crippen LogP contribution in [0.3, 0.4) is 0 Å². The number of nitrogens with one attached hydrogen (secondary N) is 1. The standard InChI is InChI=1S/C13H20N6O2/c1-8(2)11-16-13(21-18-11)14-9-5-4-6-19-12(9)15-10(17-19)7-20-3/h8-9H,4-7H2,1-3H3,(H,14,16,18). The van der Waals surface area contributed by atoms with E-state index in [0.717, 1.165) is 25.2 Å². The molecule has 1 aliphatic heterocycles. The first kappa shape index (κ1) is 14.0. The minimum absolute atomic E-state index is 0.0392. The second-order valence-electron chi connectivity index (χ2n) is 5.49. The summed E-state index contributed by atoms with van der Waals surface area (Å²) in [7, 11) is 1.64. The summed E-state index contributed by atoms with van der Waals surface area (Å²) in [6.45, 7) is 5.36. The molecule has 1 atom stereocenters. The van der Waals surface area contributed by atoms with Crippen LogP contribution in [0.4, 0.5) is 6.01 Å². The van der Waals surface area contributed by atoms with Crippen molar-refractivity contribution < 1.29 is 9.26 Å². The molecule has 3 heterocycles. The van der Waals surface area contributed by atoms with Gasteiger partial charge in [-0.25, -0.2) is 9.67 Å². The van der Waals surface area contributed by atoms with Gasteiger partial charge in [-0.3, -0.25) is 0 Å². The first-order valence-corrected chi connectivity index (χ1v) is 7.20. The topological polar surface area (TPSA) is 90.9 Å². The molecule has 0 fully saturated rings. The van der Waals surface area contributed by atoms with Gasteiger partial charge < -0.3 is 14.6 Å². The predicted molar refractivity (Wildman–Crippen MR) is 74.7 cm³/mol. The number of aryl methyl sites for hydroxylation is 1. The van der Waals surface area contributed by atoms with Crippen molar-refractivity contribution in [1.82, 2.24) is 24.9 Å². The van der Waals surface area contributed by atoms with E-state index in [1.165, 1.54) is 0 Å². The number of ether oxygens (including phenoxy) is 1. The number of rotatable bonds is 5. The SMILES string of the molecule is COCc1nc2n(n1)CCCC2Nc1nc(C(C)C)no1. The molecule has 0 amide bonds. The molecule has 0 bridgehead atoms. The maximum absolute atomic E-state index is 5.24. The number of methoxy groups -OCH3 is 1. The summed E-state index contributed by atoms with van der Waals surface area (Å²) in [5.41, 5.74) is 0. The Morgan fingerprint density at radius 1 is 1.43 bits per heavy atom. The van der Waals surface area contributed by atoms with Gasteiger partial charge in [0.1, 0.15) is 12.4 Å². The Kier molecular flexibility index (Phi) is 3.87. The molecular formula is C13H20N6O2. The zero-order chi connectivity index (χ0) is 14.8. The van der Waals surface area contributed by atoms with E-state index in [1.807, 2.05) is 18.5 Å². The molecular weight excluding hydrogens is 272 g/mol. The van der Waals surface area contributed by atoms with Crippen molar-refractivity contribution >= 4 is 6.01 Å². The highest BCUT2D eigenvalue weighted by Gasteiger charge is 2.26. The Bertz CT molecular complexity index is 606. The fourth-order valence-electron chi connectivity index (χ4n) is 2.40. The third-order valence-electron chi connectivity index (χ3n) is 3.45. The third kappa shape index (κ3) is 2.90. The summed E-state index contributed by atoms with van der Waals surface area (Å²) in [6, 6.07) is 0.478. The Balaban J connectivity index is 1.77. The van der Waals surface area contributed by atoms with Gasteiger partial charge in [0.05, 0.1) is 6.04 Å². The number of hydrogen-bond donors (Lipinski definition) is 1. The summed E-state index contributed by atoms with van der Waals surface area (Å²) in [4.78, 5) is 8.88. The van der Waals surface area contributed by atoms with Gasteiger partial charge in [0.25, 0.3) is 0 Å². The molecule has 0 aromatic carbocycles. The average Bonchev–Trinajstić information content (AvgIpc) is 3.06. The van der Waals surface area contributed by atoms with Crippen LogP contribution in [0.15, 0.2) is 4.52 Å². The van der Waals surface area contributed by atoms with Gasteiger partial charge in [0.15, 0.2) is 11.6 Å². The normalized spacial score (nSPS) is 18.0. The minimum Gasteiger partial charge on any atom is -0.377 e. The molecule has 0 radical (unpaired) electrons. The highest BCUT2D eigenvalue weighted by Crippen LogP contribution is 2.27. The maximum atomic E-state index is 5.24. The molecule has 0 aliphatic carbocycles. The smallest absolute Gasteiger partial charge is 0.322 e. The van der Waals surface area contributed by atoms with Crippen LogP contribution in [0.5, 0.6) is 0 Å². The van der Waals surface area contributed by atoms with Gasteiger partial charge in [-0.15, -0.1) is 0 Å². The van der Waals surface area contributed by atoms with Crippen LogP contribution < -0.4 is 5.32 Å². The third-order valence-corrected chi connectivity index (χ3v) is 3.45. The van der Waals surface area contributed by atoms with Crippen LogP contribution in [-0.4, -0.2) is 32.0 Å². The van der Waals surface area contributed by atoms with Crippen molar-refractivity contribution in [1.29, 1.82) is 0 Å². The number of nitrogens with zero attached hydrogens (tertiary/aromatic N) is 5. The summed E-state index contributed by atoms with van der Waals surface area (Å²) in [5.74, 6) is 2.55. The average molecular weight is 292 g/mol. The predicted octanol–water partition coefficient (Wildman–Crippen LogP) is 1.88. The molecule has 1 aliphatic rings. The van der Waals surface area contributed by atoms with Crippen molar-refractivity contribution in [3.8, 4) is 0 Å². The van der Waals surface area contributed by atoms with Crippen molar-refractivity contribution in [3.63, 3.8) is 0 Å². The van der Waals surface area contributed by atoms with Gasteiger partial charge >= 0.3 is 6.01 Å². The summed E-state index contributed by atoms with van der Waals surface area (Å²) in [6.07, 6.45) is 2.00. The highest BCUT2D eigenvalue weighted by atomic mass is 16.5. The molecule has 8 heteroatoms. The van der Waals surface area contributed by atoms with Crippen molar-refractivity contribution in [2.24, 2.45) is 0 Å².